The van der Waals surface area contributed by atoms with Crippen LogP contribution in [0.1, 0.15) is 10.5 Å². The van der Waals surface area contributed by atoms with Crippen molar-refractivity contribution in [3.8, 4) is 5.82 Å². The van der Waals surface area contributed by atoms with Crippen molar-refractivity contribution in [3.05, 3.63) is 34.3 Å². The van der Waals surface area contributed by atoms with Crippen molar-refractivity contribution in [2.45, 2.75) is 0 Å². The van der Waals surface area contributed by atoms with Gasteiger partial charge in [0.15, 0.2) is 11.5 Å². The molecule has 0 fully saturated rings. The van der Waals surface area contributed by atoms with Gasteiger partial charge in [-0.05, 0) is 22.6 Å². The Balaban J connectivity index is 2.46. The number of hydrogen-bond acceptors (Lipinski definition) is 4. The Labute approximate surface area is 98.1 Å². The van der Waals surface area contributed by atoms with Gasteiger partial charge in [-0.15, -0.1) is 0 Å². The van der Waals surface area contributed by atoms with Gasteiger partial charge in [-0.25, -0.2) is 19.7 Å². The maximum Gasteiger partial charge on any atom is 0.356 e. The summed E-state index contributed by atoms with van der Waals surface area (Å²) in [6.07, 6.45) is 5.86. The molecule has 6 nitrogen and oxygen atoms in total. The largest absolute Gasteiger partial charge is 0.476 e. The van der Waals surface area contributed by atoms with Crippen LogP contribution >= 0.6 is 22.6 Å². The predicted octanol–water partition coefficient (Wildman–Crippen LogP) is 0.965. The maximum absolute atomic E-state index is 10.6. The number of hydrogen-bond donors (Lipinski definition) is 1. The zero-order chi connectivity index (χ0) is 10.8. The molecule has 0 atom stereocenters. The molecule has 0 amide bonds. The number of halogens is 1. The monoisotopic (exact) mass is 316 g/mol. The molecule has 2 aromatic rings. The van der Waals surface area contributed by atoms with E-state index in [0.29, 0.717) is 5.82 Å². The first-order chi connectivity index (χ1) is 7.18. The van der Waals surface area contributed by atoms with Crippen molar-refractivity contribution < 1.29 is 9.90 Å². The van der Waals surface area contributed by atoms with E-state index < -0.39 is 5.97 Å². The van der Waals surface area contributed by atoms with Crippen molar-refractivity contribution in [2.24, 2.45) is 0 Å². The van der Waals surface area contributed by atoms with Crippen LogP contribution in [0.5, 0.6) is 0 Å². The second-order valence-electron chi connectivity index (χ2n) is 2.67. The molecule has 0 unspecified atom stereocenters. The van der Waals surface area contributed by atoms with E-state index in [1.165, 1.54) is 18.9 Å². The molecular formula is C8H5IN4O2. The summed E-state index contributed by atoms with van der Waals surface area (Å²) in [5, 5.41) is 8.70. The summed E-state index contributed by atoms with van der Waals surface area (Å²) in [6.45, 7) is 0. The number of rotatable bonds is 2. The molecule has 0 aromatic carbocycles. The van der Waals surface area contributed by atoms with Gasteiger partial charge in [0, 0.05) is 12.4 Å². The molecule has 15 heavy (non-hydrogen) atoms. The molecule has 76 valence electrons. The van der Waals surface area contributed by atoms with Gasteiger partial charge >= 0.3 is 5.97 Å². The van der Waals surface area contributed by atoms with Gasteiger partial charge in [-0.2, -0.15) is 0 Å². The number of nitrogens with zero attached hydrogens (tertiary/aromatic N) is 4. The summed E-state index contributed by atoms with van der Waals surface area (Å²) in [7, 11) is 0. The quantitative estimate of drug-likeness (QED) is 0.835. The Hall–Kier alpha value is -1.51. The van der Waals surface area contributed by atoms with Crippen LogP contribution in [-0.4, -0.2) is 30.6 Å². The zero-order valence-corrected chi connectivity index (χ0v) is 9.49. The molecular weight excluding hydrogens is 311 g/mol. The van der Waals surface area contributed by atoms with Gasteiger partial charge in [-0.3, -0.25) is 4.57 Å². The highest BCUT2D eigenvalue weighted by Gasteiger charge is 2.09. The minimum absolute atomic E-state index is 0.00980. The molecule has 0 radical (unpaired) electrons. The van der Waals surface area contributed by atoms with Crippen LogP contribution in [0.3, 0.4) is 0 Å². The van der Waals surface area contributed by atoms with E-state index in [-0.39, 0.29) is 5.69 Å². The molecule has 0 aliphatic carbocycles. The lowest BCUT2D eigenvalue weighted by molar-refractivity contribution is 0.0691. The second kappa shape index (κ2) is 3.93. The summed E-state index contributed by atoms with van der Waals surface area (Å²) in [5.74, 6) is -0.441. The summed E-state index contributed by atoms with van der Waals surface area (Å²) >= 11 is 2.07. The van der Waals surface area contributed by atoms with E-state index in [9.17, 15) is 4.79 Å². The van der Waals surface area contributed by atoms with Crippen LogP contribution in [0.25, 0.3) is 5.82 Å². The van der Waals surface area contributed by atoms with E-state index in [1.54, 1.807) is 10.8 Å². The van der Waals surface area contributed by atoms with E-state index >= 15 is 0 Å². The minimum Gasteiger partial charge on any atom is -0.476 e. The summed E-state index contributed by atoms with van der Waals surface area (Å²) in [6, 6.07) is 0. The SMILES string of the molecule is O=C(O)c1cn(-c2ncncc2I)cn1. The lowest BCUT2D eigenvalue weighted by Gasteiger charge is -2.01. The highest BCUT2D eigenvalue weighted by molar-refractivity contribution is 14.1. The van der Waals surface area contributed by atoms with E-state index in [4.69, 9.17) is 5.11 Å². The molecule has 2 aromatic heterocycles. The molecule has 0 aliphatic heterocycles. The molecule has 7 heteroatoms. The Kier molecular flexibility index (Phi) is 2.62. The van der Waals surface area contributed by atoms with Crippen LogP contribution < -0.4 is 0 Å². The van der Waals surface area contributed by atoms with Gasteiger partial charge in [0.1, 0.15) is 12.7 Å². The molecule has 1 N–H and O–H groups in total. The third kappa shape index (κ3) is 1.96. The van der Waals surface area contributed by atoms with Gasteiger partial charge < -0.3 is 5.11 Å². The number of imidazole rings is 1. The fourth-order valence-electron chi connectivity index (χ4n) is 1.05. The number of aromatic nitrogens is 4. The smallest absolute Gasteiger partial charge is 0.356 e. The topological polar surface area (TPSA) is 80.9 Å². The molecule has 0 saturated carbocycles. The molecule has 0 saturated heterocycles. The second-order valence-corrected chi connectivity index (χ2v) is 3.83. The Morgan fingerprint density at radius 1 is 1.47 bits per heavy atom. The van der Waals surface area contributed by atoms with Crippen molar-refractivity contribution in [1.82, 2.24) is 19.5 Å². The third-order valence-electron chi connectivity index (χ3n) is 1.69. The highest BCUT2D eigenvalue weighted by atomic mass is 127. The van der Waals surface area contributed by atoms with Crippen LogP contribution in [0.4, 0.5) is 0 Å². The first kappa shape index (κ1) is 10.0. The van der Waals surface area contributed by atoms with Crippen molar-refractivity contribution in [1.29, 1.82) is 0 Å². The van der Waals surface area contributed by atoms with Gasteiger partial charge in [0.25, 0.3) is 0 Å². The predicted molar refractivity (Wildman–Crippen MR) is 58.8 cm³/mol. The molecule has 0 bridgehead atoms. The van der Waals surface area contributed by atoms with E-state index in [2.05, 4.69) is 37.5 Å². The van der Waals surface area contributed by atoms with Crippen LogP contribution in [0, 0.1) is 3.57 Å². The number of carbonyl (C=O) groups is 1. The van der Waals surface area contributed by atoms with Gasteiger partial charge in [0.05, 0.1) is 3.57 Å². The fourth-order valence-corrected chi connectivity index (χ4v) is 1.62. The van der Waals surface area contributed by atoms with Crippen molar-refractivity contribution in [3.63, 3.8) is 0 Å². The number of carboxylic acid groups (broad SMARTS) is 1. The highest BCUT2D eigenvalue weighted by Crippen LogP contribution is 2.12. The van der Waals surface area contributed by atoms with E-state index in [0.717, 1.165) is 3.57 Å². The average Bonchev–Trinajstić information content (AvgIpc) is 2.67. The first-order valence-electron chi connectivity index (χ1n) is 3.91. The lowest BCUT2D eigenvalue weighted by atomic mass is 10.5. The Morgan fingerprint density at radius 2 is 2.27 bits per heavy atom. The van der Waals surface area contributed by atoms with Gasteiger partial charge in [-0.1, -0.05) is 0 Å². The van der Waals surface area contributed by atoms with Gasteiger partial charge in [0.2, 0.25) is 0 Å². The summed E-state index contributed by atoms with van der Waals surface area (Å²) in [5.41, 5.74) is -0.00980. The van der Waals surface area contributed by atoms with Crippen LogP contribution in [0.2, 0.25) is 0 Å². The zero-order valence-electron chi connectivity index (χ0n) is 7.33. The maximum atomic E-state index is 10.6. The van der Waals surface area contributed by atoms with Crippen molar-refractivity contribution >= 4 is 28.6 Å². The van der Waals surface area contributed by atoms with Crippen molar-refractivity contribution in [2.75, 3.05) is 0 Å². The third-order valence-corrected chi connectivity index (χ3v) is 2.46. The molecule has 2 heterocycles. The Morgan fingerprint density at radius 3 is 2.87 bits per heavy atom. The Bertz CT molecular complexity index is 511. The summed E-state index contributed by atoms with van der Waals surface area (Å²) < 4.78 is 2.37. The van der Waals surface area contributed by atoms with E-state index in [1.807, 2.05) is 0 Å². The molecule has 0 spiro atoms. The number of aromatic carboxylic acids is 1. The molecule has 0 aliphatic rings. The summed E-state index contributed by atoms with van der Waals surface area (Å²) in [4.78, 5) is 22.2. The average molecular weight is 316 g/mol. The normalized spacial score (nSPS) is 10.2. The van der Waals surface area contributed by atoms with Crippen LogP contribution in [0.15, 0.2) is 25.0 Å². The first-order valence-corrected chi connectivity index (χ1v) is 4.99. The lowest BCUT2D eigenvalue weighted by Crippen LogP contribution is -1.99. The number of carboxylic acids is 1. The standard InChI is InChI=1S/C8H5IN4O2/c9-5-1-10-3-11-7(5)13-2-6(8(14)15)12-4-13/h1-4H,(H,14,15). The molecule has 2 rings (SSSR count). The minimum atomic E-state index is -1.06. The fraction of sp³-hybridized carbons (Fsp3) is 0. The van der Waals surface area contributed by atoms with Crippen LogP contribution in [-0.2, 0) is 0 Å².